The Morgan fingerprint density at radius 2 is 1.14 bits per heavy atom. The number of aromatic nitrogens is 2. The number of imidazole rings is 1. The average molecular weight is 1500 g/mol. The molecule has 1 aromatic heterocycles. The Morgan fingerprint density at radius 3 is 1.66 bits per heavy atom. The van der Waals surface area contributed by atoms with E-state index in [0.29, 0.717) is 11.3 Å². The average Bonchev–Trinajstić information content (AvgIpc) is 1.72. The first kappa shape index (κ1) is 88.2. The number of aliphatic hydroxyl groups is 3. The van der Waals surface area contributed by atoms with Gasteiger partial charge in [-0.2, -0.15) is 0 Å². The first-order valence-corrected chi connectivity index (χ1v) is 33.9. The standard InChI is InChI=1S/C62H94N20O22S/c1-5-31(4)50(59(101)71-23-47(89)74-37(16-32-10-12-34(86)13-11-32)54(96)78-40(24-83)56(98)79-41(25-84)57(99)80-43(61(103)104)28-105-27-30(2)3)81-58(100)44-9-7-15-82(44)60(102)42(26-85)75-48(90)22-70-52(94)38(18-45(64)87)76-55(97)39(19-49(91)92)77-53(95)36(8-6-14-68-62(65)66)73-46(88)21-69-51(93)35(63)17-33-20-67-29-72-33/h10-13,20,27,29,31,35-44,50,83-86H,5-9,14-19,21-26,28,63H2,1-4H3,(H2,64,87)(H,67,72)(H,69,93)(H,70,94)(H,71,101)(H,73,88)(H,74,89)(H,75,90)(H,76,97)(H,77,95)(H,78,96)(H,79,98)(H,80,99)(H,81,100)(H,91,92)(H,103,104)(H4,65,66,68)/t31-,35-,36-,37-,38-,39-,40-,41-,42-,43-,44-,50-/m0/s1. The number of carboxylic acid groups (broad SMARTS) is 2. The molecule has 14 amide bonds. The zero-order valence-electron chi connectivity index (χ0n) is 58.0. The van der Waals surface area contributed by atoms with Gasteiger partial charge in [0.25, 0.3) is 0 Å². The summed E-state index contributed by atoms with van der Waals surface area (Å²) in [4.78, 5) is 223. The summed E-state index contributed by atoms with van der Waals surface area (Å²) in [6.07, 6.45) is 0.648. The highest BCUT2D eigenvalue weighted by molar-refractivity contribution is 8.02. The number of amides is 14. The molecular weight excluding hydrogens is 1410 g/mol. The number of hydrogen-bond donors (Lipinski definition) is 23. The van der Waals surface area contributed by atoms with Crippen molar-refractivity contribution in [3.8, 4) is 5.75 Å². The summed E-state index contributed by atoms with van der Waals surface area (Å²) in [5.74, 6) is -19.4. The smallest absolute Gasteiger partial charge is 0.327 e. The van der Waals surface area contributed by atoms with Gasteiger partial charge in [0.1, 0.15) is 66.2 Å². The van der Waals surface area contributed by atoms with Gasteiger partial charge in [-0.1, -0.05) is 38.0 Å². The number of carbonyl (C=O) groups excluding carboxylic acids is 14. The third kappa shape index (κ3) is 31.6. The molecule has 43 heteroatoms. The molecule has 0 aliphatic carbocycles. The van der Waals surface area contributed by atoms with Crippen molar-refractivity contribution in [2.45, 2.75) is 152 Å². The van der Waals surface area contributed by atoms with Crippen molar-refractivity contribution in [3.63, 3.8) is 0 Å². The lowest BCUT2D eigenvalue weighted by Gasteiger charge is -2.30. The van der Waals surface area contributed by atoms with Gasteiger partial charge in [0, 0.05) is 43.6 Å². The number of phenolic OH excluding ortho intramolecular Hbond substituents is 1. The molecule has 580 valence electrons. The quantitative estimate of drug-likeness (QED) is 0.0166. The van der Waals surface area contributed by atoms with Crippen LogP contribution in [0.2, 0.25) is 0 Å². The molecule has 0 saturated carbocycles. The third-order valence-corrected chi connectivity index (χ3v) is 16.7. The molecule has 0 unspecified atom stereocenters. The van der Waals surface area contributed by atoms with E-state index in [0.717, 1.165) is 22.2 Å². The number of nitrogens with zero attached hydrogens (tertiary/aromatic N) is 3. The molecule has 1 saturated heterocycles. The number of guanidine groups is 1. The van der Waals surface area contributed by atoms with Crippen LogP contribution in [-0.4, -0.2) is 271 Å². The van der Waals surface area contributed by atoms with E-state index in [1.165, 1.54) is 36.8 Å². The molecule has 0 radical (unpaired) electrons. The fourth-order valence-corrected chi connectivity index (χ4v) is 10.7. The molecule has 2 heterocycles. The van der Waals surface area contributed by atoms with Gasteiger partial charge in [0.05, 0.1) is 64.7 Å². The first-order valence-electron chi connectivity index (χ1n) is 32.8. The fraction of sp³-hybridized carbons (Fsp3) is 0.548. The van der Waals surface area contributed by atoms with Gasteiger partial charge in [-0.05, 0) is 68.6 Å². The van der Waals surface area contributed by atoms with Crippen LogP contribution < -0.4 is 86.7 Å². The Labute approximate surface area is 605 Å². The molecule has 2 aromatic rings. The maximum Gasteiger partial charge on any atom is 0.327 e. The Bertz CT molecular complexity index is 3430. The number of primary amides is 1. The topological polar surface area (TPSA) is 687 Å². The van der Waals surface area contributed by atoms with E-state index in [9.17, 15) is 107 Å². The zero-order chi connectivity index (χ0) is 78.6. The molecule has 3 rings (SSSR count). The minimum atomic E-state index is -2.02. The van der Waals surface area contributed by atoms with Crippen LogP contribution in [0.4, 0.5) is 0 Å². The van der Waals surface area contributed by atoms with E-state index in [4.69, 9.17) is 22.9 Å². The maximum absolute atomic E-state index is 14.1. The van der Waals surface area contributed by atoms with Crippen molar-refractivity contribution < 1.29 is 107 Å². The second-order valence-corrected chi connectivity index (χ2v) is 25.2. The number of nitrogens with two attached hydrogens (primary N) is 4. The summed E-state index contributed by atoms with van der Waals surface area (Å²) in [7, 11) is 0. The summed E-state index contributed by atoms with van der Waals surface area (Å²) in [6.45, 7) is 0.856. The van der Waals surface area contributed by atoms with E-state index < -0.39 is 219 Å². The molecule has 1 aliphatic heterocycles. The van der Waals surface area contributed by atoms with E-state index in [-0.39, 0.29) is 75.5 Å². The van der Waals surface area contributed by atoms with Crippen molar-refractivity contribution in [1.82, 2.24) is 78.7 Å². The Kier molecular flexibility index (Phi) is 37.9. The third-order valence-electron chi connectivity index (χ3n) is 15.6. The van der Waals surface area contributed by atoms with E-state index in [2.05, 4.69) is 78.8 Å². The summed E-state index contributed by atoms with van der Waals surface area (Å²) < 4.78 is 0. The number of aliphatic carboxylic acids is 2. The van der Waals surface area contributed by atoms with E-state index in [1.807, 2.05) is 0 Å². The van der Waals surface area contributed by atoms with Crippen LogP contribution in [0.25, 0.3) is 0 Å². The summed E-state index contributed by atoms with van der Waals surface area (Å²) >= 11 is 1.08. The van der Waals surface area contributed by atoms with Crippen LogP contribution >= 0.6 is 11.8 Å². The van der Waals surface area contributed by atoms with Crippen molar-refractivity contribution in [1.29, 1.82) is 0 Å². The van der Waals surface area contributed by atoms with E-state index in [1.54, 1.807) is 33.1 Å². The highest BCUT2D eigenvalue weighted by Crippen LogP contribution is 2.21. The highest BCUT2D eigenvalue weighted by Gasteiger charge is 2.41. The number of rotatable bonds is 46. The number of thioether (sulfide) groups is 1. The number of allylic oxidation sites excluding steroid dienone is 1. The minimum absolute atomic E-state index is 0.00857. The van der Waals surface area contributed by atoms with Crippen LogP contribution in [0.3, 0.4) is 0 Å². The van der Waals surface area contributed by atoms with Gasteiger partial charge in [0.15, 0.2) is 5.96 Å². The number of carboxylic acids is 2. The number of aromatic hydroxyl groups is 1. The second-order valence-electron chi connectivity index (χ2n) is 24.3. The van der Waals surface area contributed by atoms with Crippen LogP contribution in [0.1, 0.15) is 83.9 Å². The van der Waals surface area contributed by atoms with Gasteiger partial charge < -0.3 is 127 Å². The first-order chi connectivity index (χ1) is 49.6. The van der Waals surface area contributed by atoms with Gasteiger partial charge in [0.2, 0.25) is 82.7 Å². The van der Waals surface area contributed by atoms with Gasteiger partial charge in [-0.25, -0.2) is 9.78 Å². The number of nitrogens with one attached hydrogen (secondary N) is 13. The van der Waals surface area contributed by atoms with Crippen LogP contribution in [0, 0.1) is 5.92 Å². The van der Waals surface area contributed by atoms with Crippen molar-refractivity contribution >= 4 is 112 Å². The molecule has 27 N–H and O–H groups in total. The van der Waals surface area contributed by atoms with Crippen molar-refractivity contribution in [2.75, 3.05) is 58.3 Å². The molecule has 0 bridgehead atoms. The molecule has 105 heavy (non-hydrogen) atoms. The fourth-order valence-electron chi connectivity index (χ4n) is 9.85. The summed E-state index contributed by atoms with van der Waals surface area (Å²) in [5.41, 5.74) is 23.8. The number of H-pyrrole nitrogens is 1. The normalized spacial score (nSPS) is 15.5. The Hall–Kier alpha value is -11.1. The molecule has 1 fully saturated rings. The molecule has 1 aliphatic rings. The van der Waals surface area contributed by atoms with E-state index >= 15 is 0 Å². The molecule has 1 aromatic carbocycles. The van der Waals surface area contributed by atoms with Gasteiger partial charge in [-0.3, -0.25) is 76.9 Å². The number of aromatic amines is 1. The predicted molar refractivity (Wildman–Crippen MR) is 369 cm³/mol. The van der Waals surface area contributed by atoms with Crippen LogP contribution in [-0.2, 0) is 89.6 Å². The number of aliphatic imine (C=N–C) groups is 1. The number of likely N-dealkylation sites (tertiary alicyclic amines) is 1. The van der Waals surface area contributed by atoms with Gasteiger partial charge >= 0.3 is 11.9 Å². The predicted octanol–water partition coefficient (Wildman–Crippen LogP) is -9.90. The Morgan fingerprint density at radius 1 is 0.638 bits per heavy atom. The Balaban J connectivity index is 1.69. The zero-order valence-corrected chi connectivity index (χ0v) is 58.8. The lowest BCUT2D eigenvalue weighted by Crippen LogP contribution is -2.60. The lowest BCUT2D eigenvalue weighted by molar-refractivity contribution is -0.143. The van der Waals surface area contributed by atoms with Crippen molar-refractivity contribution in [3.05, 3.63) is 59.0 Å². The SMILES string of the molecule is CC[C@H](C)[C@H](NC(=O)[C@@H]1CCCN1C(=O)[C@H](CO)NC(=O)CNC(=O)[C@H](CC(N)=O)NC(=O)[C@H](CC(=O)O)NC(=O)[C@H](CCCN=C(N)N)NC(=O)CNC(=O)[C@@H](N)Cc1cnc[nH]1)C(=O)NCC(=O)N[C@@H](Cc1ccc(O)cc1)C(=O)N[C@@H](CO)C(=O)N[C@@H](CO)C(=O)N[C@@H](CSC=C(C)C)C(=O)O. The molecule has 42 nitrogen and oxygen atoms in total. The van der Waals surface area contributed by atoms with Crippen molar-refractivity contribution in [2.24, 2.45) is 33.8 Å². The number of carbonyl (C=O) groups is 16. The van der Waals surface area contributed by atoms with Gasteiger partial charge in [-0.15, -0.1) is 11.8 Å². The molecular formula is C62H94N20O22S. The number of hydrogen-bond acceptors (Lipinski definition) is 24. The summed E-state index contributed by atoms with van der Waals surface area (Å²) in [5, 5.41) is 88.7. The number of phenols is 1. The number of aliphatic hydroxyl groups excluding tert-OH is 3. The maximum atomic E-state index is 14.1. The molecule has 0 spiro atoms. The van der Waals surface area contributed by atoms with Crippen LogP contribution in [0.15, 0.2) is 52.8 Å². The summed E-state index contributed by atoms with van der Waals surface area (Å²) in [6, 6.07) is -12.4. The molecule has 12 atom stereocenters. The highest BCUT2D eigenvalue weighted by atomic mass is 32.2. The number of benzene rings is 1. The monoisotopic (exact) mass is 1500 g/mol. The van der Waals surface area contributed by atoms with Crippen LogP contribution in [0.5, 0.6) is 5.75 Å². The minimum Gasteiger partial charge on any atom is -0.508 e. The second kappa shape index (κ2) is 45.1. The lowest BCUT2D eigenvalue weighted by atomic mass is 9.97. The largest absolute Gasteiger partial charge is 0.508 e.